The van der Waals surface area contributed by atoms with Gasteiger partial charge in [0.25, 0.3) is 5.56 Å². The van der Waals surface area contributed by atoms with Gasteiger partial charge in [-0.2, -0.15) is 4.68 Å². The molecule has 2 aromatic heterocycles. The van der Waals surface area contributed by atoms with Crippen LogP contribution in [0.3, 0.4) is 0 Å². The van der Waals surface area contributed by atoms with Gasteiger partial charge in [-0.25, -0.2) is 0 Å². The quantitative estimate of drug-likeness (QED) is 0.566. The molecule has 0 aliphatic carbocycles. The van der Waals surface area contributed by atoms with E-state index in [9.17, 15) is 4.79 Å². The second-order valence-corrected chi connectivity index (χ2v) is 6.21. The predicted octanol–water partition coefficient (Wildman–Crippen LogP) is 2.43. The van der Waals surface area contributed by atoms with E-state index in [1.165, 1.54) is 11.0 Å². The van der Waals surface area contributed by atoms with Crippen LogP contribution in [0.2, 0.25) is 0 Å². The van der Waals surface area contributed by atoms with Crippen molar-refractivity contribution in [3.05, 3.63) is 70.3 Å². The van der Waals surface area contributed by atoms with Crippen molar-refractivity contribution in [1.82, 2.24) is 25.2 Å². The fourth-order valence-electron chi connectivity index (χ4n) is 2.95. The number of aromatic nitrogens is 5. The first-order chi connectivity index (χ1) is 13.1. The van der Waals surface area contributed by atoms with E-state index in [4.69, 9.17) is 4.74 Å². The van der Waals surface area contributed by atoms with Crippen LogP contribution in [0.25, 0.3) is 16.6 Å². The van der Waals surface area contributed by atoms with E-state index in [-0.39, 0.29) is 5.56 Å². The summed E-state index contributed by atoms with van der Waals surface area (Å²) >= 11 is 0. The van der Waals surface area contributed by atoms with E-state index < -0.39 is 0 Å². The van der Waals surface area contributed by atoms with Gasteiger partial charge in [-0.3, -0.25) is 4.79 Å². The van der Waals surface area contributed by atoms with Gasteiger partial charge in [0.2, 0.25) is 0 Å². The average molecular weight is 362 g/mol. The summed E-state index contributed by atoms with van der Waals surface area (Å²) in [4.78, 5) is 15.3. The Kier molecular flexibility index (Phi) is 4.29. The van der Waals surface area contributed by atoms with Crippen LogP contribution >= 0.6 is 0 Å². The molecule has 4 rings (SSSR count). The summed E-state index contributed by atoms with van der Waals surface area (Å²) in [5.41, 5.74) is 4.10. The largest absolute Gasteiger partial charge is 0.494 e. The molecule has 2 N–H and O–H groups in total. The number of methoxy groups -OCH3 is 1. The second-order valence-electron chi connectivity index (χ2n) is 6.21. The molecule has 0 fully saturated rings. The number of rotatable bonds is 5. The summed E-state index contributed by atoms with van der Waals surface area (Å²) in [5.74, 6) is 0.621. The molecular formula is C19H18N6O2. The molecule has 0 saturated heterocycles. The third-order valence-corrected chi connectivity index (χ3v) is 4.34. The minimum absolute atomic E-state index is 0.101. The third kappa shape index (κ3) is 3.37. The van der Waals surface area contributed by atoms with Gasteiger partial charge in [0, 0.05) is 29.4 Å². The number of nitrogens with zero attached hydrogens (tertiary/aromatic N) is 4. The van der Waals surface area contributed by atoms with Gasteiger partial charge in [0.1, 0.15) is 17.8 Å². The molecule has 27 heavy (non-hydrogen) atoms. The number of hydrogen-bond donors (Lipinski definition) is 2. The molecule has 8 heteroatoms. The monoisotopic (exact) mass is 362 g/mol. The Hall–Kier alpha value is -3.68. The smallest absolute Gasteiger partial charge is 0.253 e. The number of aryl methyl sites for hydroxylation is 1. The van der Waals surface area contributed by atoms with Crippen molar-refractivity contribution in [1.29, 1.82) is 0 Å². The van der Waals surface area contributed by atoms with Crippen LogP contribution in [0.15, 0.2) is 53.6 Å². The summed E-state index contributed by atoms with van der Waals surface area (Å²) in [6.45, 7) is 2.42. The lowest BCUT2D eigenvalue weighted by Crippen LogP contribution is -2.15. The minimum atomic E-state index is -0.101. The van der Waals surface area contributed by atoms with Gasteiger partial charge in [-0.15, -0.1) is 5.10 Å². The maximum absolute atomic E-state index is 12.3. The van der Waals surface area contributed by atoms with Crippen LogP contribution in [0.5, 0.6) is 5.75 Å². The molecule has 4 aromatic rings. The van der Waals surface area contributed by atoms with Crippen molar-refractivity contribution >= 4 is 16.6 Å². The Balaban J connectivity index is 1.59. The molecule has 2 heterocycles. The summed E-state index contributed by atoms with van der Waals surface area (Å²) < 4.78 is 6.96. The van der Waals surface area contributed by atoms with E-state index in [0.717, 1.165) is 27.8 Å². The summed E-state index contributed by atoms with van der Waals surface area (Å²) in [5, 5.41) is 15.4. The topological polar surface area (TPSA) is 97.7 Å². The number of nitrogens with one attached hydrogen (secondary N) is 2. The van der Waals surface area contributed by atoms with Crippen molar-refractivity contribution < 1.29 is 4.74 Å². The number of aromatic amines is 1. The number of ether oxygens (including phenoxy) is 1. The summed E-state index contributed by atoms with van der Waals surface area (Å²) in [7, 11) is 1.59. The zero-order chi connectivity index (χ0) is 18.8. The molecule has 0 aliphatic rings. The first-order valence-corrected chi connectivity index (χ1v) is 8.42. The molecule has 136 valence electrons. The van der Waals surface area contributed by atoms with Crippen LogP contribution in [0.4, 0.5) is 5.69 Å². The highest BCUT2D eigenvalue weighted by Crippen LogP contribution is 2.26. The van der Waals surface area contributed by atoms with E-state index in [0.29, 0.717) is 17.9 Å². The standard InChI is InChI=1S/C19H18N6O2/c1-12-3-5-16-13(7-12)8-14(19(26)22-16)10-20-15-4-6-17(18(9-15)27-2)25-11-21-23-24-25/h3-9,11,20H,10H2,1-2H3,(H,22,26). The Morgan fingerprint density at radius 3 is 2.85 bits per heavy atom. The van der Waals surface area contributed by atoms with Crippen molar-refractivity contribution in [2.45, 2.75) is 13.5 Å². The highest BCUT2D eigenvalue weighted by molar-refractivity contribution is 5.79. The normalized spacial score (nSPS) is 10.9. The number of tetrazole rings is 1. The molecule has 0 spiro atoms. The minimum Gasteiger partial charge on any atom is -0.494 e. The van der Waals surface area contributed by atoms with Crippen LogP contribution in [-0.4, -0.2) is 32.3 Å². The highest BCUT2D eigenvalue weighted by Gasteiger charge is 2.09. The lowest BCUT2D eigenvalue weighted by Gasteiger charge is -2.12. The SMILES string of the molecule is COc1cc(NCc2cc3cc(C)ccc3[nH]c2=O)ccc1-n1cnnn1. The molecule has 0 radical (unpaired) electrons. The molecule has 0 unspecified atom stereocenters. The maximum Gasteiger partial charge on any atom is 0.253 e. The molecule has 0 atom stereocenters. The van der Waals surface area contributed by atoms with Gasteiger partial charge < -0.3 is 15.0 Å². The highest BCUT2D eigenvalue weighted by atomic mass is 16.5. The van der Waals surface area contributed by atoms with Gasteiger partial charge in [0.05, 0.1) is 7.11 Å². The summed E-state index contributed by atoms with van der Waals surface area (Å²) in [6.07, 6.45) is 1.50. The lowest BCUT2D eigenvalue weighted by molar-refractivity contribution is 0.411. The van der Waals surface area contributed by atoms with Crippen molar-refractivity contribution in [3.63, 3.8) is 0 Å². The fraction of sp³-hybridized carbons (Fsp3) is 0.158. The average Bonchev–Trinajstić information content (AvgIpc) is 3.21. The van der Waals surface area contributed by atoms with Crippen LogP contribution in [0.1, 0.15) is 11.1 Å². The van der Waals surface area contributed by atoms with Crippen LogP contribution in [-0.2, 0) is 6.54 Å². The van der Waals surface area contributed by atoms with Gasteiger partial charge in [-0.1, -0.05) is 11.6 Å². The summed E-state index contributed by atoms with van der Waals surface area (Å²) in [6, 6.07) is 13.5. The Bertz CT molecular complexity index is 1150. The van der Waals surface area contributed by atoms with E-state index in [1.54, 1.807) is 7.11 Å². The molecule has 0 saturated carbocycles. The van der Waals surface area contributed by atoms with E-state index >= 15 is 0 Å². The molecule has 0 aliphatic heterocycles. The molecular weight excluding hydrogens is 344 g/mol. The van der Waals surface area contributed by atoms with Crippen molar-refractivity contribution in [2.75, 3.05) is 12.4 Å². The number of anilines is 1. The number of fused-ring (bicyclic) bond motifs is 1. The first-order valence-electron chi connectivity index (χ1n) is 8.42. The van der Waals surface area contributed by atoms with Crippen molar-refractivity contribution in [2.24, 2.45) is 0 Å². The first kappa shape index (κ1) is 16.8. The zero-order valence-corrected chi connectivity index (χ0v) is 14.9. The van der Waals surface area contributed by atoms with Gasteiger partial charge >= 0.3 is 0 Å². The number of H-pyrrole nitrogens is 1. The van der Waals surface area contributed by atoms with E-state index in [2.05, 4.69) is 31.9 Å². The molecule has 0 bridgehead atoms. The van der Waals surface area contributed by atoms with Crippen LogP contribution in [0, 0.1) is 6.92 Å². The van der Waals surface area contributed by atoms with Gasteiger partial charge in [0.15, 0.2) is 0 Å². The molecule has 0 amide bonds. The predicted molar refractivity (Wildman–Crippen MR) is 102 cm³/mol. The Morgan fingerprint density at radius 1 is 1.19 bits per heavy atom. The van der Waals surface area contributed by atoms with Crippen LogP contribution < -0.4 is 15.6 Å². The van der Waals surface area contributed by atoms with Gasteiger partial charge in [-0.05, 0) is 53.1 Å². The molecule has 8 nitrogen and oxygen atoms in total. The Labute approximate surface area is 154 Å². The second kappa shape index (κ2) is 6.91. The number of pyridine rings is 1. The Morgan fingerprint density at radius 2 is 2.07 bits per heavy atom. The van der Waals surface area contributed by atoms with E-state index in [1.807, 2.05) is 43.3 Å². The molecule has 2 aromatic carbocycles. The lowest BCUT2D eigenvalue weighted by atomic mass is 10.1. The maximum atomic E-state index is 12.3. The van der Waals surface area contributed by atoms with Crippen molar-refractivity contribution in [3.8, 4) is 11.4 Å². The number of hydrogen-bond acceptors (Lipinski definition) is 6. The fourth-order valence-corrected chi connectivity index (χ4v) is 2.95. The zero-order valence-electron chi connectivity index (χ0n) is 14.9. The number of benzene rings is 2. The third-order valence-electron chi connectivity index (χ3n) is 4.34.